The minimum absolute atomic E-state index is 0.177. The van der Waals surface area contributed by atoms with Crippen LogP contribution in [0.1, 0.15) is 17.9 Å². The fourth-order valence-corrected chi connectivity index (χ4v) is 2.58. The Balaban J connectivity index is 2.06. The van der Waals surface area contributed by atoms with Crippen molar-refractivity contribution in [2.75, 3.05) is 7.11 Å². The summed E-state index contributed by atoms with van der Waals surface area (Å²) in [5.74, 6) is -0.900. The second kappa shape index (κ2) is 4.01. The van der Waals surface area contributed by atoms with Crippen molar-refractivity contribution in [2.24, 2.45) is 5.92 Å². The maximum atomic E-state index is 11.8. The molecule has 94 valence electrons. The second-order valence-electron chi connectivity index (χ2n) is 4.37. The van der Waals surface area contributed by atoms with Crippen LogP contribution in [0.4, 0.5) is 0 Å². The van der Waals surface area contributed by atoms with Crippen LogP contribution in [0.2, 0.25) is 0 Å². The molecule has 2 aliphatic heterocycles. The molecule has 18 heavy (non-hydrogen) atoms. The summed E-state index contributed by atoms with van der Waals surface area (Å²) in [7, 11) is 1.32. The van der Waals surface area contributed by atoms with Crippen LogP contribution in [0.15, 0.2) is 24.3 Å². The maximum Gasteiger partial charge on any atom is 0.316 e. The van der Waals surface area contributed by atoms with Gasteiger partial charge in [0, 0.05) is 5.92 Å². The zero-order chi connectivity index (χ0) is 12.7. The lowest BCUT2D eigenvalue weighted by molar-refractivity contribution is -0.197. The van der Waals surface area contributed by atoms with Crippen molar-refractivity contribution in [3.05, 3.63) is 29.8 Å². The minimum atomic E-state index is -0.876. The van der Waals surface area contributed by atoms with E-state index < -0.39 is 18.2 Å². The fourth-order valence-electron chi connectivity index (χ4n) is 2.58. The molecule has 5 heteroatoms. The molecular weight excluding hydrogens is 236 g/mol. The summed E-state index contributed by atoms with van der Waals surface area (Å²) in [5.41, 5.74) is 0.862. The number of carbonyl (C=O) groups is 2. The summed E-state index contributed by atoms with van der Waals surface area (Å²) in [6.07, 6.45) is -0.699. The average Bonchev–Trinajstić information content (AvgIpc) is 2.37. The zero-order valence-corrected chi connectivity index (χ0v) is 9.79. The predicted molar refractivity (Wildman–Crippen MR) is 59.8 cm³/mol. The summed E-state index contributed by atoms with van der Waals surface area (Å²) >= 11 is 0. The molecule has 0 saturated carbocycles. The van der Waals surface area contributed by atoms with Gasteiger partial charge in [0.05, 0.1) is 13.5 Å². The number of carbonyl (C=O) groups excluding carboxylic acids is 2. The Kier molecular flexibility index (Phi) is 2.47. The number of hydrogen-bond acceptors (Lipinski definition) is 5. The van der Waals surface area contributed by atoms with Gasteiger partial charge in [-0.1, -0.05) is 18.2 Å². The highest BCUT2D eigenvalue weighted by atomic mass is 16.7. The first-order chi connectivity index (χ1) is 8.70. The van der Waals surface area contributed by atoms with Gasteiger partial charge in [-0.25, -0.2) is 0 Å². The molecule has 1 saturated heterocycles. The Bertz CT molecular complexity index is 510. The van der Waals surface area contributed by atoms with Crippen molar-refractivity contribution >= 4 is 11.9 Å². The molecule has 1 fully saturated rings. The molecule has 3 atom stereocenters. The molecule has 0 aliphatic carbocycles. The van der Waals surface area contributed by atoms with Crippen molar-refractivity contribution in [1.29, 1.82) is 0 Å². The molecule has 0 aromatic heterocycles. The molecular formula is C13H12O5. The van der Waals surface area contributed by atoms with Crippen LogP contribution in [-0.4, -0.2) is 25.3 Å². The number of hydrogen-bond donors (Lipinski definition) is 0. The Morgan fingerprint density at radius 3 is 2.89 bits per heavy atom. The number of benzene rings is 1. The van der Waals surface area contributed by atoms with Crippen LogP contribution in [-0.2, 0) is 19.1 Å². The number of methoxy groups -OCH3 is 1. The first-order valence-electron chi connectivity index (χ1n) is 5.73. The van der Waals surface area contributed by atoms with Crippen molar-refractivity contribution in [3.8, 4) is 5.75 Å². The van der Waals surface area contributed by atoms with E-state index in [9.17, 15) is 9.59 Å². The van der Waals surface area contributed by atoms with Crippen LogP contribution in [0.3, 0.4) is 0 Å². The zero-order valence-electron chi connectivity index (χ0n) is 9.79. The second-order valence-corrected chi connectivity index (χ2v) is 4.37. The van der Waals surface area contributed by atoms with Crippen LogP contribution >= 0.6 is 0 Å². The highest BCUT2D eigenvalue weighted by Crippen LogP contribution is 2.45. The standard InChI is InChI=1S/C13H12O5/c1-16-12(15)11-8-6-10(14)18-13(11)17-9-5-3-2-4-7(8)9/h2-5,8,11,13H,6H2,1H3/t8-,11?,13-/m1/s1. The Hall–Kier alpha value is -2.04. The highest BCUT2D eigenvalue weighted by Gasteiger charge is 2.50. The lowest BCUT2D eigenvalue weighted by Crippen LogP contribution is -2.48. The van der Waals surface area contributed by atoms with E-state index in [4.69, 9.17) is 14.2 Å². The largest absolute Gasteiger partial charge is 0.469 e. The van der Waals surface area contributed by atoms with Gasteiger partial charge in [-0.2, -0.15) is 0 Å². The van der Waals surface area contributed by atoms with Crippen molar-refractivity contribution in [1.82, 2.24) is 0 Å². The van der Waals surface area contributed by atoms with E-state index in [-0.39, 0.29) is 18.3 Å². The summed E-state index contributed by atoms with van der Waals surface area (Å²) in [5, 5.41) is 0. The smallest absolute Gasteiger partial charge is 0.316 e. The topological polar surface area (TPSA) is 61.8 Å². The Morgan fingerprint density at radius 2 is 2.11 bits per heavy atom. The van der Waals surface area contributed by atoms with Crippen LogP contribution in [0, 0.1) is 5.92 Å². The van der Waals surface area contributed by atoms with Crippen molar-refractivity contribution in [3.63, 3.8) is 0 Å². The van der Waals surface area contributed by atoms with Gasteiger partial charge in [-0.05, 0) is 11.6 Å². The molecule has 1 unspecified atom stereocenters. The Labute approximate surface area is 104 Å². The lowest BCUT2D eigenvalue weighted by Gasteiger charge is -2.40. The predicted octanol–water partition coefficient (Wildman–Crippen LogP) is 1.22. The SMILES string of the molecule is COC(=O)C1[C@H]2OC(=O)C[C@@H]1c1ccccc1O2. The molecule has 1 aromatic carbocycles. The van der Waals surface area contributed by atoms with E-state index >= 15 is 0 Å². The van der Waals surface area contributed by atoms with Crippen molar-refractivity contribution in [2.45, 2.75) is 18.6 Å². The van der Waals surface area contributed by atoms with E-state index in [0.717, 1.165) is 5.56 Å². The molecule has 5 nitrogen and oxygen atoms in total. The van der Waals surface area contributed by atoms with E-state index in [1.807, 2.05) is 24.3 Å². The van der Waals surface area contributed by atoms with Crippen LogP contribution in [0.5, 0.6) is 5.75 Å². The summed E-state index contributed by atoms with van der Waals surface area (Å²) in [6.45, 7) is 0. The number of para-hydroxylation sites is 1. The molecule has 0 radical (unpaired) electrons. The maximum absolute atomic E-state index is 11.8. The quantitative estimate of drug-likeness (QED) is 0.699. The molecule has 2 aliphatic rings. The minimum Gasteiger partial charge on any atom is -0.469 e. The third-order valence-corrected chi connectivity index (χ3v) is 3.40. The molecule has 3 rings (SSSR count). The molecule has 2 heterocycles. The van der Waals surface area contributed by atoms with Gasteiger partial charge in [-0.3, -0.25) is 9.59 Å². The van der Waals surface area contributed by atoms with Gasteiger partial charge < -0.3 is 14.2 Å². The first-order valence-corrected chi connectivity index (χ1v) is 5.73. The lowest BCUT2D eigenvalue weighted by atomic mass is 9.79. The number of ether oxygens (including phenoxy) is 3. The van der Waals surface area contributed by atoms with Crippen LogP contribution in [0.25, 0.3) is 0 Å². The number of esters is 2. The van der Waals surface area contributed by atoms with Gasteiger partial charge in [0.1, 0.15) is 11.7 Å². The average molecular weight is 248 g/mol. The van der Waals surface area contributed by atoms with Gasteiger partial charge in [-0.15, -0.1) is 0 Å². The molecule has 1 aromatic rings. The molecule has 0 N–H and O–H groups in total. The summed E-state index contributed by atoms with van der Waals surface area (Å²) < 4.78 is 15.4. The fraction of sp³-hybridized carbons (Fsp3) is 0.385. The number of fused-ring (bicyclic) bond motifs is 4. The van der Waals surface area contributed by atoms with Gasteiger partial charge >= 0.3 is 11.9 Å². The van der Waals surface area contributed by atoms with Gasteiger partial charge in [0.15, 0.2) is 0 Å². The summed E-state index contributed by atoms with van der Waals surface area (Å²) in [4.78, 5) is 23.3. The highest BCUT2D eigenvalue weighted by molar-refractivity contribution is 5.80. The third kappa shape index (κ3) is 1.54. The number of rotatable bonds is 1. The van der Waals surface area contributed by atoms with E-state index in [0.29, 0.717) is 5.75 Å². The summed E-state index contributed by atoms with van der Waals surface area (Å²) in [6, 6.07) is 7.37. The van der Waals surface area contributed by atoms with Gasteiger partial charge in [0.2, 0.25) is 0 Å². The van der Waals surface area contributed by atoms with E-state index in [1.165, 1.54) is 7.11 Å². The molecule has 2 bridgehead atoms. The monoisotopic (exact) mass is 248 g/mol. The van der Waals surface area contributed by atoms with Crippen LogP contribution < -0.4 is 4.74 Å². The normalized spacial score (nSPS) is 28.7. The Morgan fingerprint density at radius 1 is 1.33 bits per heavy atom. The third-order valence-electron chi connectivity index (χ3n) is 3.40. The van der Waals surface area contributed by atoms with E-state index in [1.54, 1.807) is 0 Å². The first kappa shape index (κ1) is 11.1. The van der Waals surface area contributed by atoms with E-state index in [2.05, 4.69) is 0 Å². The molecule has 0 spiro atoms. The molecule has 0 amide bonds. The van der Waals surface area contributed by atoms with Crippen molar-refractivity contribution < 1.29 is 23.8 Å². The van der Waals surface area contributed by atoms with Gasteiger partial charge in [0.25, 0.3) is 6.29 Å².